The van der Waals surface area contributed by atoms with Crippen LogP contribution in [0.25, 0.3) is 22.1 Å². The Hall–Kier alpha value is -3.61. The number of carbonyl (C=O) groups excluding carboxylic acids is 2. The number of carbonyl (C=O) groups is 2. The molecule has 0 radical (unpaired) electrons. The average molecular weight is 450 g/mol. The van der Waals surface area contributed by atoms with Crippen molar-refractivity contribution in [2.24, 2.45) is 5.92 Å². The molecule has 1 aliphatic heterocycles. The summed E-state index contributed by atoms with van der Waals surface area (Å²) in [6.07, 6.45) is 0.698. The molecule has 0 N–H and O–H groups in total. The Kier molecular flexibility index (Phi) is 6.77. The fraction of sp³-hybridized carbons (Fsp3) is 0.346. The van der Waals surface area contributed by atoms with Crippen LogP contribution in [0.2, 0.25) is 0 Å². The van der Waals surface area contributed by atoms with E-state index in [1.54, 1.807) is 30.9 Å². The summed E-state index contributed by atoms with van der Waals surface area (Å²) in [6, 6.07) is 16.3. The van der Waals surface area contributed by atoms with Crippen LogP contribution in [0, 0.1) is 5.92 Å². The smallest absolute Gasteiger partial charge is 0.336 e. The van der Waals surface area contributed by atoms with E-state index in [-0.39, 0.29) is 17.8 Å². The molecule has 4 rings (SSSR count). The zero-order valence-corrected chi connectivity index (χ0v) is 18.8. The molecule has 0 aliphatic carbocycles. The van der Waals surface area contributed by atoms with Crippen molar-refractivity contribution in [3.05, 3.63) is 65.0 Å². The molecule has 3 aromatic rings. The van der Waals surface area contributed by atoms with E-state index in [9.17, 15) is 14.4 Å². The first kappa shape index (κ1) is 22.6. The van der Waals surface area contributed by atoms with Crippen molar-refractivity contribution < 1.29 is 23.5 Å². The lowest BCUT2D eigenvalue weighted by molar-refractivity contribution is -0.152. The van der Waals surface area contributed by atoms with Gasteiger partial charge in [0.25, 0.3) is 5.91 Å². The zero-order valence-electron chi connectivity index (χ0n) is 18.8. The Bertz CT molecular complexity index is 1200. The predicted octanol–water partition coefficient (Wildman–Crippen LogP) is 4.03. The van der Waals surface area contributed by atoms with Crippen molar-refractivity contribution in [2.75, 3.05) is 19.7 Å². The molecule has 0 saturated carbocycles. The fourth-order valence-electron chi connectivity index (χ4n) is 4.21. The monoisotopic (exact) mass is 449 g/mol. The number of hydrogen-bond donors (Lipinski definition) is 0. The third-order valence-electron chi connectivity index (χ3n) is 5.81. The predicted molar refractivity (Wildman–Crippen MR) is 124 cm³/mol. The number of nitrogens with zero attached hydrogens (tertiary/aromatic N) is 1. The Morgan fingerprint density at radius 3 is 2.70 bits per heavy atom. The number of hydrogen-bond acceptors (Lipinski definition) is 6. The molecule has 2 unspecified atom stereocenters. The molecule has 2 atom stereocenters. The topological polar surface area (TPSA) is 86.0 Å². The Labute approximate surface area is 191 Å². The minimum atomic E-state index is -0.757. The Morgan fingerprint density at radius 2 is 1.94 bits per heavy atom. The van der Waals surface area contributed by atoms with Crippen molar-refractivity contribution in [1.29, 1.82) is 0 Å². The quantitative estimate of drug-likeness (QED) is 0.417. The minimum absolute atomic E-state index is 0.191. The number of rotatable bonds is 6. The third kappa shape index (κ3) is 5.08. The van der Waals surface area contributed by atoms with Gasteiger partial charge in [0, 0.05) is 30.6 Å². The van der Waals surface area contributed by atoms with Crippen LogP contribution >= 0.6 is 0 Å². The van der Waals surface area contributed by atoms with Gasteiger partial charge in [-0.2, -0.15) is 0 Å². The molecule has 7 heteroatoms. The highest BCUT2D eigenvalue weighted by Gasteiger charge is 2.32. The fourth-order valence-corrected chi connectivity index (χ4v) is 4.21. The van der Waals surface area contributed by atoms with Gasteiger partial charge >= 0.3 is 11.6 Å². The lowest BCUT2D eigenvalue weighted by Crippen LogP contribution is -2.47. The van der Waals surface area contributed by atoms with Crippen LogP contribution in [0.4, 0.5) is 0 Å². The average Bonchev–Trinajstić information content (AvgIpc) is 2.83. The second-order valence-corrected chi connectivity index (χ2v) is 8.14. The summed E-state index contributed by atoms with van der Waals surface area (Å²) in [5.74, 6) is -0.331. The maximum Gasteiger partial charge on any atom is 0.336 e. The molecule has 7 nitrogen and oxygen atoms in total. The van der Waals surface area contributed by atoms with Crippen LogP contribution in [0.15, 0.2) is 63.8 Å². The summed E-state index contributed by atoms with van der Waals surface area (Å²) < 4.78 is 16.4. The molecular weight excluding hydrogens is 422 g/mol. The highest BCUT2D eigenvalue weighted by Crippen LogP contribution is 2.30. The largest absolute Gasteiger partial charge is 0.481 e. The van der Waals surface area contributed by atoms with Crippen molar-refractivity contribution in [1.82, 2.24) is 4.90 Å². The van der Waals surface area contributed by atoms with Gasteiger partial charge in [-0.05, 0) is 49.9 Å². The number of piperidine rings is 1. The van der Waals surface area contributed by atoms with E-state index in [0.29, 0.717) is 37.4 Å². The van der Waals surface area contributed by atoms with Crippen LogP contribution in [-0.2, 0) is 14.3 Å². The molecule has 2 aromatic carbocycles. The summed E-state index contributed by atoms with van der Waals surface area (Å²) in [5, 5.41) is 0.778. The van der Waals surface area contributed by atoms with Crippen molar-refractivity contribution in [3.8, 4) is 16.9 Å². The number of ether oxygens (including phenoxy) is 2. The van der Waals surface area contributed by atoms with Crippen LogP contribution in [0.1, 0.15) is 26.7 Å². The summed E-state index contributed by atoms with van der Waals surface area (Å²) >= 11 is 0. The van der Waals surface area contributed by atoms with Crippen LogP contribution in [0.3, 0.4) is 0 Å². The van der Waals surface area contributed by atoms with Gasteiger partial charge in [-0.25, -0.2) is 4.79 Å². The molecule has 1 fully saturated rings. The highest BCUT2D eigenvalue weighted by atomic mass is 16.5. The lowest BCUT2D eigenvalue weighted by Gasteiger charge is -2.33. The number of fused-ring (bicyclic) bond motifs is 1. The highest BCUT2D eigenvalue weighted by molar-refractivity contribution is 5.93. The van der Waals surface area contributed by atoms with E-state index in [0.717, 1.165) is 22.9 Å². The van der Waals surface area contributed by atoms with E-state index in [4.69, 9.17) is 13.9 Å². The second-order valence-electron chi connectivity index (χ2n) is 8.14. The maximum absolute atomic E-state index is 13.0. The van der Waals surface area contributed by atoms with Crippen LogP contribution in [0.5, 0.6) is 5.75 Å². The SMILES string of the molecule is CCOC(=O)C1CCCN(C(=O)C(C)Oc2ccc3c(-c4ccccc4)cc(=O)oc3c2)C1. The summed E-state index contributed by atoms with van der Waals surface area (Å²) in [5.41, 5.74) is 1.62. The number of amides is 1. The first-order valence-corrected chi connectivity index (χ1v) is 11.2. The lowest BCUT2D eigenvalue weighted by atomic mass is 9.98. The van der Waals surface area contributed by atoms with E-state index >= 15 is 0 Å². The number of benzene rings is 2. The summed E-state index contributed by atoms with van der Waals surface area (Å²) in [6.45, 7) is 4.69. The molecule has 1 aliphatic rings. The summed E-state index contributed by atoms with van der Waals surface area (Å²) in [7, 11) is 0. The van der Waals surface area contributed by atoms with E-state index in [1.807, 2.05) is 36.4 Å². The molecule has 0 spiro atoms. The standard InChI is InChI=1S/C26H27NO6/c1-3-31-26(30)19-10-7-13-27(16-19)25(29)17(2)32-20-11-12-21-22(18-8-5-4-6-9-18)15-24(28)33-23(21)14-20/h4-6,8-9,11-12,14-15,17,19H,3,7,10,13,16H2,1-2H3. The number of likely N-dealkylation sites (tertiary alicyclic amines) is 1. The molecule has 1 amide bonds. The van der Waals surface area contributed by atoms with E-state index in [2.05, 4.69) is 0 Å². The molecule has 1 saturated heterocycles. The molecular formula is C26H27NO6. The van der Waals surface area contributed by atoms with Gasteiger partial charge in [0.05, 0.1) is 12.5 Å². The third-order valence-corrected chi connectivity index (χ3v) is 5.81. The van der Waals surface area contributed by atoms with Crippen molar-refractivity contribution in [2.45, 2.75) is 32.8 Å². The molecule has 1 aromatic heterocycles. The molecule has 172 valence electrons. The van der Waals surface area contributed by atoms with Gasteiger partial charge in [-0.1, -0.05) is 30.3 Å². The first-order valence-electron chi connectivity index (χ1n) is 11.2. The Balaban J connectivity index is 1.51. The van der Waals surface area contributed by atoms with Crippen molar-refractivity contribution in [3.63, 3.8) is 0 Å². The van der Waals surface area contributed by atoms with Crippen LogP contribution in [-0.4, -0.2) is 42.6 Å². The normalized spacial score (nSPS) is 16.9. The maximum atomic E-state index is 13.0. The van der Waals surface area contributed by atoms with E-state index < -0.39 is 11.7 Å². The Morgan fingerprint density at radius 1 is 1.15 bits per heavy atom. The number of esters is 1. The van der Waals surface area contributed by atoms with Crippen molar-refractivity contribution >= 4 is 22.8 Å². The molecule has 0 bridgehead atoms. The zero-order chi connectivity index (χ0) is 23.4. The molecule has 33 heavy (non-hydrogen) atoms. The van der Waals surface area contributed by atoms with Gasteiger partial charge in [0.2, 0.25) is 0 Å². The van der Waals surface area contributed by atoms with Gasteiger partial charge in [-0.15, -0.1) is 0 Å². The summed E-state index contributed by atoms with van der Waals surface area (Å²) in [4.78, 5) is 38.9. The second kappa shape index (κ2) is 9.90. The minimum Gasteiger partial charge on any atom is -0.481 e. The first-order chi connectivity index (χ1) is 16.0. The van der Waals surface area contributed by atoms with Gasteiger partial charge < -0.3 is 18.8 Å². The van der Waals surface area contributed by atoms with Gasteiger partial charge in [-0.3, -0.25) is 9.59 Å². The van der Waals surface area contributed by atoms with Crippen LogP contribution < -0.4 is 10.4 Å². The van der Waals surface area contributed by atoms with E-state index in [1.165, 1.54) is 6.07 Å². The van der Waals surface area contributed by atoms with Gasteiger partial charge in [0.15, 0.2) is 6.10 Å². The molecule has 2 heterocycles. The van der Waals surface area contributed by atoms with Gasteiger partial charge in [0.1, 0.15) is 11.3 Å².